The molecule has 0 aliphatic carbocycles. The number of likely N-dealkylation sites (tertiary alicyclic amines) is 1. The number of anilines is 1. The zero-order chi connectivity index (χ0) is 16.7. The minimum absolute atomic E-state index is 0.0644. The van der Waals surface area contributed by atoms with Crippen molar-refractivity contribution in [2.24, 2.45) is 0 Å². The molecule has 1 aromatic heterocycles. The molecule has 7 heteroatoms. The van der Waals surface area contributed by atoms with Crippen LogP contribution >= 0.6 is 0 Å². The molecule has 0 radical (unpaired) electrons. The number of aromatic nitrogens is 2. The normalized spacial score (nSPS) is 21.9. The Bertz CT molecular complexity index is 508. The molecule has 2 rings (SSSR count). The zero-order valence-electron chi connectivity index (χ0n) is 14.3. The monoisotopic (exact) mass is 321 g/mol. The van der Waals surface area contributed by atoms with Crippen molar-refractivity contribution in [2.45, 2.75) is 37.8 Å². The lowest BCUT2D eigenvalue weighted by Gasteiger charge is -2.42. The SMILES string of the molecule is CNC(=O)CC[C@]1(OC)CCCN(Cc2cnc(NC)nc2)C1. The smallest absolute Gasteiger partial charge is 0.222 e. The lowest BCUT2D eigenvalue weighted by atomic mass is 9.87. The molecule has 128 valence electrons. The van der Waals surface area contributed by atoms with Crippen LogP contribution in [0.15, 0.2) is 12.4 Å². The van der Waals surface area contributed by atoms with Gasteiger partial charge >= 0.3 is 0 Å². The van der Waals surface area contributed by atoms with E-state index >= 15 is 0 Å². The summed E-state index contributed by atoms with van der Waals surface area (Å²) in [6.45, 7) is 2.65. The highest BCUT2D eigenvalue weighted by Gasteiger charge is 2.35. The summed E-state index contributed by atoms with van der Waals surface area (Å²) in [5, 5.41) is 5.60. The molecular weight excluding hydrogens is 294 g/mol. The first kappa shape index (κ1) is 17.6. The van der Waals surface area contributed by atoms with Gasteiger partial charge in [0.05, 0.1) is 5.60 Å². The first-order chi connectivity index (χ1) is 11.1. The van der Waals surface area contributed by atoms with Crippen LogP contribution in [0.5, 0.6) is 0 Å². The summed E-state index contributed by atoms with van der Waals surface area (Å²) in [4.78, 5) is 22.4. The number of carbonyl (C=O) groups is 1. The Balaban J connectivity index is 1.96. The fourth-order valence-electron chi connectivity index (χ4n) is 3.09. The van der Waals surface area contributed by atoms with E-state index in [1.165, 1.54) is 0 Å². The molecule has 0 bridgehead atoms. The van der Waals surface area contributed by atoms with Crippen LogP contribution in [0, 0.1) is 0 Å². The summed E-state index contributed by atoms with van der Waals surface area (Å²) >= 11 is 0. The number of rotatable bonds is 7. The Morgan fingerprint density at radius 2 is 2.13 bits per heavy atom. The molecule has 1 saturated heterocycles. The van der Waals surface area contributed by atoms with Crippen LogP contribution in [0.4, 0.5) is 5.95 Å². The molecule has 23 heavy (non-hydrogen) atoms. The van der Waals surface area contributed by atoms with Crippen molar-refractivity contribution in [3.8, 4) is 0 Å². The van der Waals surface area contributed by atoms with Gasteiger partial charge in [0.1, 0.15) is 0 Å². The van der Waals surface area contributed by atoms with E-state index in [1.54, 1.807) is 21.2 Å². The second kappa shape index (κ2) is 8.21. The number of piperidine rings is 1. The summed E-state index contributed by atoms with van der Waals surface area (Å²) in [6.07, 6.45) is 7.01. The molecule has 2 heterocycles. The standard InChI is InChI=1S/C16H27N5O2/c1-17-14(22)5-7-16(23-3)6-4-8-21(12-16)11-13-9-19-15(18-2)20-10-13/h9-10H,4-8,11-12H2,1-3H3,(H,17,22)(H,18,19,20)/t16-/m1/s1. The Hall–Kier alpha value is -1.73. The van der Waals surface area contributed by atoms with Gasteiger partial charge in [0.15, 0.2) is 0 Å². The summed E-state index contributed by atoms with van der Waals surface area (Å²) < 4.78 is 5.82. The fraction of sp³-hybridized carbons (Fsp3) is 0.688. The molecule has 1 amide bonds. The van der Waals surface area contributed by atoms with E-state index in [2.05, 4.69) is 25.5 Å². The van der Waals surface area contributed by atoms with Crippen molar-refractivity contribution in [3.05, 3.63) is 18.0 Å². The van der Waals surface area contributed by atoms with Gasteiger partial charge < -0.3 is 15.4 Å². The molecule has 1 atom stereocenters. The van der Waals surface area contributed by atoms with Crippen molar-refractivity contribution in [3.63, 3.8) is 0 Å². The van der Waals surface area contributed by atoms with Crippen molar-refractivity contribution in [1.82, 2.24) is 20.2 Å². The van der Waals surface area contributed by atoms with E-state index in [0.717, 1.165) is 44.5 Å². The number of carbonyl (C=O) groups excluding carboxylic acids is 1. The molecule has 0 aromatic carbocycles. The van der Waals surface area contributed by atoms with E-state index in [1.807, 2.05) is 12.4 Å². The number of ether oxygens (including phenoxy) is 1. The third kappa shape index (κ3) is 4.87. The predicted octanol–water partition coefficient (Wildman–Crippen LogP) is 1.03. The average Bonchev–Trinajstić information content (AvgIpc) is 2.60. The fourth-order valence-corrected chi connectivity index (χ4v) is 3.09. The third-order valence-electron chi connectivity index (χ3n) is 4.47. The predicted molar refractivity (Wildman–Crippen MR) is 89.1 cm³/mol. The van der Waals surface area contributed by atoms with E-state index in [0.29, 0.717) is 12.4 Å². The van der Waals surface area contributed by atoms with Crippen LogP contribution < -0.4 is 10.6 Å². The van der Waals surface area contributed by atoms with Gasteiger partial charge in [0.2, 0.25) is 11.9 Å². The number of nitrogens with one attached hydrogen (secondary N) is 2. The highest BCUT2D eigenvalue weighted by molar-refractivity contribution is 5.75. The van der Waals surface area contributed by atoms with Crippen LogP contribution in [0.2, 0.25) is 0 Å². The molecular formula is C16H27N5O2. The molecule has 0 unspecified atom stereocenters. The quantitative estimate of drug-likeness (QED) is 0.781. The Morgan fingerprint density at radius 3 is 2.74 bits per heavy atom. The van der Waals surface area contributed by atoms with Crippen molar-refractivity contribution < 1.29 is 9.53 Å². The Kier molecular flexibility index (Phi) is 6.29. The zero-order valence-corrected chi connectivity index (χ0v) is 14.3. The van der Waals surface area contributed by atoms with Gasteiger partial charge in [-0.2, -0.15) is 0 Å². The molecule has 1 fully saturated rings. The van der Waals surface area contributed by atoms with Crippen LogP contribution in [0.1, 0.15) is 31.2 Å². The first-order valence-electron chi connectivity index (χ1n) is 8.07. The van der Waals surface area contributed by atoms with E-state index < -0.39 is 0 Å². The van der Waals surface area contributed by atoms with Crippen LogP contribution in [-0.4, -0.2) is 60.7 Å². The molecule has 7 nitrogen and oxygen atoms in total. The van der Waals surface area contributed by atoms with Crippen molar-refractivity contribution >= 4 is 11.9 Å². The second-order valence-electron chi connectivity index (χ2n) is 6.04. The van der Waals surface area contributed by atoms with Gasteiger partial charge in [-0.3, -0.25) is 9.69 Å². The Labute approximate surface area is 137 Å². The lowest BCUT2D eigenvalue weighted by Crippen LogP contribution is -2.49. The summed E-state index contributed by atoms with van der Waals surface area (Å²) in [5.41, 5.74) is 0.846. The lowest BCUT2D eigenvalue weighted by molar-refractivity contribution is -0.124. The van der Waals surface area contributed by atoms with Crippen LogP contribution in [-0.2, 0) is 16.1 Å². The van der Waals surface area contributed by atoms with Gasteiger partial charge in [-0.25, -0.2) is 9.97 Å². The van der Waals surface area contributed by atoms with Crippen LogP contribution in [0.25, 0.3) is 0 Å². The number of hydrogen-bond acceptors (Lipinski definition) is 6. The minimum atomic E-state index is -0.240. The highest BCUT2D eigenvalue weighted by Crippen LogP contribution is 2.30. The van der Waals surface area contributed by atoms with E-state index in [-0.39, 0.29) is 11.5 Å². The molecule has 1 aromatic rings. The van der Waals surface area contributed by atoms with E-state index in [4.69, 9.17) is 4.74 Å². The average molecular weight is 321 g/mol. The van der Waals surface area contributed by atoms with Crippen LogP contribution in [0.3, 0.4) is 0 Å². The summed E-state index contributed by atoms with van der Waals surface area (Å²) in [5.74, 6) is 0.693. The molecule has 0 saturated carbocycles. The van der Waals surface area contributed by atoms with Gasteiger partial charge in [0.25, 0.3) is 0 Å². The molecule has 1 aliphatic heterocycles. The van der Waals surface area contributed by atoms with Crippen molar-refractivity contribution in [2.75, 3.05) is 39.6 Å². The number of hydrogen-bond donors (Lipinski definition) is 2. The van der Waals surface area contributed by atoms with Gasteiger partial charge in [-0.15, -0.1) is 0 Å². The number of amides is 1. The maximum absolute atomic E-state index is 11.5. The summed E-state index contributed by atoms with van der Waals surface area (Å²) in [6, 6.07) is 0. The topological polar surface area (TPSA) is 79.4 Å². The maximum atomic E-state index is 11.5. The first-order valence-corrected chi connectivity index (χ1v) is 8.07. The maximum Gasteiger partial charge on any atom is 0.222 e. The van der Waals surface area contributed by atoms with Gasteiger partial charge in [-0.1, -0.05) is 0 Å². The second-order valence-corrected chi connectivity index (χ2v) is 6.04. The highest BCUT2D eigenvalue weighted by atomic mass is 16.5. The molecule has 0 spiro atoms. The van der Waals surface area contributed by atoms with Crippen molar-refractivity contribution in [1.29, 1.82) is 0 Å². The summed E-state index contributed by atoms with van der Waals surface area (Å²) in [7, 11) is 5.22. The largest absolute Gasteiger partial charge is 0.377 e. The third-order valence-corrected chi connectivity index (χ3v) is 4.47. The number of methoxy groups -OCH3 is 1. The molecule has 1 aliphatic rings. The molecule has 2 N–H and O–H groups in total. The van der Waals surface area contributed by atoms with Gasteiger partial charge in [0, 0.05) is 58.7 Å². The number of nitrogens with zero attached hydrogens (tertiary/aromatic N) is 3. The van der Waals surface area contributed by atoms with E-state index in [9.17, 15) is 4.79 Å². The minimum Gasteiger partial charge on any atom is -0.377 e. The Morgan fingerprint density at radius 1 is 1.39 bits per heavy atom. The van der Waals surface area contributed by atoms with Gasteiger partial charge in [-0.05, 0) is 25.8 Å².